The Bertz CT molecular complexity index is 829. The van der Waals surface area contributed by atoms with Crippen molar-refractivity contribution in [2.75, 3.05) is 13.1 Å². The van der Waals surface area contributed by atoms with Crippen LogP contribution in [0.3, 0.4) is 0 Å². The molecule has 0 unspecified atom stereocenters. The molecule has 1 aliphatic heterocycles. The van der Waals surface area contributed by atoms with Crippen LogP contribution in [0.15, 0.2) is 36.5 Å². The van der Waals surface area contributed by atoms with Crippen LogP contribution in [0.25, 0.3) is 21.8 Å². The SMILES string of the molecule is O=C(c1cc2ccc3cccnc3c2[nH]1)N1CCCCCC1. The van der Waals surface area contributed by atoms with Gasteiger partial charge in [0.2, 0.25) is 0 Å². The molecule has 22 heavy (non-hydrogen) atoms. The van der Waals surface area contributed by atoms with Gasteiger partial charge in [-0.3, -0.25) is 9.78 Å². The van der Waals surface area contributed by atoms with E-state index in [2.05, 4.69) is 22.1 Å². The van der Waals surface area contributed by atoms with Crippen LogP contribution in [-0.2, 0) is 0 Å². The number of benzene rings is 1. The standard InChI is InChI=1S/C18H19N3O/c22-18(21-10-3-1-2-4-11-21)15-12-14-8-7-13-6-5-9-19-16(13)17(14)20-15/h5-9,12,20H,1-4,10-11H2. The number of carbonyl (C=O) groups excluding carboxylic acids is 1. The van der Waals surface area contributed by atoms with Crippen molar-refractivity contribution in [1.29, 1.82) is 0 Å². The maximum Gasteiger partial charge on any atom is 0.270 e. The van der Waals surface area contributed by atoms with Gasteiger partial charge in [-0.05, 0) is 25.0 Å². The lowest BCUT2D eigenvalue weighted by atomic mass is 10.1. The molecule has 1 fully saturated rings. The lowest BCUT2D eigenvalue weighted by molar-refractivity contribution is 0.0757. The van der Waals surface area contributed by atoms with E-state index >= 15 is 0 Å². The molecule has 1 amide bonds. The van der Waals surface area contributed by atoms with Crippen molar-refractivity contribution in [2.45, 2.75) is 25.7 Å². The molecule has 0 bridgehead atoms. The van der Waals surface area contributed by atoms with E-state index in [1.807, 2.05) is 23.1 Å². The number of nitrogens with one attached hydrogen (secondary N) is 1. The molecule has 1 saturated heterocycles. The lowest BCUT2D eigenvalue weighted by Crippen LogP contribution is -2.32. The second-order valence-electron chi connectivity index (χ2n) is 5.99. The number of aromatic amines is 1. The summed E-state index contributed by atoms with van der Waals surface area (Å²) in [5.74, 6) is 0.113. The van der Waals surface area contributed by atoms with E-state index in [0.717, 1.165) is 47.7 Å². The zero-order valence-electron chi connectivity index (χ0n) is 12.5. The van der Waals surface area contributed by atoms with E-state index in [-0.39, 0.29) is 5.91 Å². The van der Waals surface area contributed by atoms with E-state index in [4.69, 9.17) is 0 Å². The fourth-order valence-corrected chi connectivity index (χ4v) is 3.30. The van der Waals surface area contributed by atoms with Gasteiger partial charge in [0.25, 0.3) is 5.91 Å². The highest BCUT2D eigenvalue weighted by Crippen LogP contribution is 2.24. The monoisotopic (exact) mass is 293 g/mol. The molecule has 1 N–H and O–H groups in total. The number of hydrogen-bond acceptors (Lipinski definition) is 2. The summed E-state index contributed by atoms with van der Waals surface area (Å²) in [5.41, 5.74) is 2.56. The highest BCUT2D eigenvalue weighted by Gasteiger charge is 2.19. The molecule has 0 aliphatic carbocycles. The molecule has 3 heterocycles. The first kappa shape index (κ1) is 13.3. The van der Waals surface area contributed by atoms with Gasteiger partial charge in [-0.15, -0.1) is 0 Å². The highest BCUT2D eigenvalue weighted by atomic mass is 16.2. The summed E-state index contributed by atoms with van der Waals surface area (Å²) in [6.45, 7) is 1.74. The number of hydrogen-bond donors (Lipinski definition) is 1. The Morgan fingerprint density at radius 1 is 1.05 bits per heavy atom. The van der Waals surface area contributed by atoms with E-state index in [9.17, 15) is 4.79 Å². The number of likely N-dealkylation sites (tertiary alicyclic amines) is 1. The maximum absolute atomic E-state index is 12.7. The van der Waals surface area contributed by atoms with Gasteiger partial charge in [0, 0.05) is 30.1 Å². The van der Waals surface area contributed by atoms with Gasteiger partial charge >= 0.3 is 0 Å². The Labute approximate surface area is 129 Å². The molecule has 2 aromatic heterocycles. The summed E-state index contributed by atoms with van der Waals surface area (Å²) in [5, 5.41) is 2.13. The second-order valence-corrected chi connectivity index (χ2v) is 5.99. The van der Waals surface area contributed by atoms with Crippen molar-refractivity contribution in [3.8, 4) is 0 Å². The number of rotatable bonds is 1. The van der Waals surface area contributed by atoms with Gasteiger partial charge in [0.1, 0.15) is 5.69 Å². The van der Waals surface area contributed by atoms with Crippen LogP contribution < -0.4 is 0 Å². The minimum atomic E-state index is 0.113. The summed E-state index contributed by atoms with van der Waals surface area (Å²) in [7, 11) is 0. The third-order valence-electron chi connectivity index (χ3n) is 4.49. The molecular weight excluding hydrogens is 274 g/mol. The van der Waals surface area contributed by atoms with Crippen LogP contribution in [0.2, 0.25) is 0 Å². The Kier molecular flexibility index (Phi) is 3.29. The van der Waals surface area contributed by atoms with Gasteiger partial charge in [0.05, 0.1) is 11.0 Å². The predicted octanol–water partition coefficient (Wildman–Crippen LogP) is 3.73. The minimum Gasteiger partial charge on any atom is -0.349 e. The fourth-order valence-electron chi connectivity index (χ4n) is 3.30. The van der Waals surface area contributed by atoms with Crippen molar-refractivity contribution < 1.29 is 4.79 Å². The van der Waals surface area contributed by atoms with E-state index in [0.29, 0.717) is 5.69 Å². The molecule has 0 spiro atoms. The first-order chi connectivity index (χ1) is 10.8. The average Bonchev–Trinajstić information content (AvgIpc) is 2.81. The number of H-pyrrole nitrogens is 1. The molecule has 1 aromatic carbocycles. The van der Waals surface area contributed by atoms with Gasteiger partial charge in [0.15, 0.2) is 0 Å². The Balaban J connectivity index is 1.75. The van der Waals surface area contributed by atoms with Crippen LogP contribution >= 0.6 is 0 Å². The number of nitrogens with zero attached hydrogens (tertiary/aromatic N) is 2. The Morgan fingerprint density at radius 3 is 2.64 bits per heavy atom. The molecule has 4 rings (SSSR count). The summed E-state index contributed by atoms with van der Waals surface area (Å²) in [6, 6.07) is 10.0. The first-order valence-electron chi connectivity index (χ1n) is 7.99. The largest absolute Gasteiger partial charge is 0.349 e. The van der Waals surface area contributed by atoms with Crippen LogP contribution in [-0.4, -0.2) is 33.9 Å². The molecule has 0 radical (unpaired) electrons. The van der Waals surface area contributed by atoms with Gasteiger partial charge in [-0.2, -0.15) is 0 Å². The van der Waals surface area contributed by atoms with Crippen LogP contribution in [0.1, 0.15) is 36.2 Å². The minimum absolute atomic E-state index is 0.113. The van der Waals surface area contributed by atoms with E-state index < -0.39 is 0 Å². The van der Waals surface area contributed by atoms with Gasteiger partial charge < -0.3 is 9.88 Å². The summed E-state index contributed by atoms with van der Waals surface area (Å²) in [6.07, 6.45) is 6.46. The topological polar surface area (TPSA) is 49.0 Å². The zero-order valence-corrected chi connectivity index (χ0v) is 12.5. The van der Waals surface area contributed by atoms with Crippen molar-refractivity contribution in [2.24, 2.45) is 0 Å². The quantitative estimate of drug-likeness (QED) is 0.743. The third-order valence-corrected chi connectivity index (χ3v) is 4.49. The Morgan fingerprint density at radius 2 is 1.82 bits per heavy atom. The van der Waals surface area contributed by atoms with Crippen molar-refractivity contribution in [3.05, 3.63) is 42.2 Å². The van der Waals surface area contributed by atoms with E-state index in [1.54, 1.807) is 6.20 Å². The highest BCUT2D eigenvalue weighted by molar-refractivity contribution is 6.07. The van der Waals surface area contributed by atoms with Crippen molar-refractivity contribution in [3.63, 3.8) is 0 Å². The lowest BCUT2D eigenvalue weighted by Gasteiger charge is -2.19. The van der Waals surface area contributed by atoms with Crippen LogP contribution in [0, 0.1) is 0 Å². The molecule has 4 nitrogen and oxygen atoms in total. The number of aromatic nitrogens is 2. The third kappa shape index (κ3) is 2.25. The predicted molar refractivity (Wildman–Crippen MR) is 88.0 cm³/mol. The summed E-state index contributed by atoms with van der Waals surface area (Å²) < 4.78 is 0. The van der Waals surface area contributed by atoms with Crippen LogP contribution in [0.5, 0.6) is 0 Å². The second kappa shape index (κ2) is 5.44. The zero-order chi connectivity index (χ0) is 14.9. The number of pyridine rings is 1. The fraction of sp³-hybridized carbons (Fsp3) is 0.333. The van der Waals surface area contributed by atoms with Gasteiger partial charge in [-0.25, -0.2) is 0 Å². The molecular formula is C18H19N3O. The molecule has 112 valence electrons. The maximum atomic E-state index is 12.7. The molecule has 4 heteroatoms. The molecule has 0 atom stereocenters. The summed E-state index contributed by atoms with van der Waals surface area (Å²) >= 11 is 0. The molecule has 3 aromatic rings. The van der Waals surface area contributed by atoms with E-state index in [1.165, 1.54) is 12.8 Å². The first-order valence-corrected chi connectivity index (χ1v) is 7.99. The number of amides is 1. The van der Waals surface area contributed by atoms with Crippen LogP contribution in [0.4, 0.5) is 0 Å². The van der Waals surface area contributed by atoms with Crippen molar-refractivity contribution >= 4 is 27.7 Å². The number of fused-ring (bicyclic) bond motifs is 3. The summed E-state index contributed by atoms with van der Waals surface area (Å²) in [4.78, 5) is 22.5. The smallest absolute Gasteiger partial charge is 0.270 e. The number of carbonyl (C=O) groups is 1. The average molecular weight is 293 g/mol. The van der Waals surface area contributed by atoms with Gasteiger partial charge in [-0.1, -0.05) is 31.0 Å². The van der Waals surface area contributed by atoms with Crippen molar-refractivity contribution in [1.82, 2.24) is 14.9 Å². The molecule has 0 saturated carbocycles. The Hall–Kier alpha value is -2.36. The molecule has 1 aliphatic rings. The normalized spacial score (nSPS) is 16.1.